The maximum absolute atomic E-state index is 13.2. The maximum atomic E-state index is 13.2. The number of amides is 2. The van der Waals surface area contributed by atoms with Gasteiger partial charge in [-0.2, -0.15) is 0 Å². The normalized spacial score (nSPS) is 36.6. The second-order valence-electron chi connectivity index (χ2n) is 9.71. The number of ether oxygens (including phenoxy) is 1. The minimum Gasteiger partial charge on any atom is -0.457 e. The number of benzene rings is 1. The van der Waals surface area contributed by atoms with Crippen molar-refractivity contribution in [3.63, 3.8) is 0 Å². The van der Waals surface area contributed by atoms with Crippen LogP contribution in [-0.2, 0) is 19.1 Å². The van der Waals surface area contributed by atoms with Crippen LogP contribution in [0.4, 0.5) is 0 Å². The summed E-state index contributed by atoms with van der Waals surface area (Å²) in [6, 6.07) is 4.36. The van der Waals surface area contributed by atoms with E-state index in [0.717, 1.165) is 6.42 Å². The van der Waals surface area contributed by atoms with Gasteiger partial charge in [-0.25, -0.2) is 0 Å². The van der Waals surface area contributed by atoms with Gasteiger partial charge in [-0.3, -0.25) is 24.1 Å². The van der Waals surface area contributed by atoms with Gasteiger partial charge in [0.2, 0.25) is 17.6 Å². The van der Waals surface area contributed by atoms with Crippen molar-refractivity contribution in [3.05, 3.63) is 33.8 Å². The monoisotopic (exact) mass is 633 g/mol. The first-order valence-electron chi connectivity index (χ1n) is 11.5. The second-order valence-corrected chi connectivity index (χ2v) is 12.7. The maximum Gasteiger partial charge on any atom is 0.309 e. The number of imide groups is 1. The van der Waals surface area contributed by atoms with Crippen molar-refractivity contribution in [2.24, 2.45) is 29.6 Å². The van der Waals surface area contributed by atoms with E-state index >= 15 is 0 Å². The van der Waals surface area contributed by atoms with Gasteiger partial charge >= 0.3 is 5.97 Å². The van der Waals surface area contributed by atoms with Gasteiger partial charge in [-0.05, 0) is 62.1 Å². The Morgan fingerprint density at radius 3 is 2.12 bits per heavy atom. The number of alkyl halides is 2. The van der Waals surface area contributed by atoms with Crippen molar-refractivity contribution in [2.45, 2.75) is 47.8 Å². The summed E-state index contributed by atoms with van der Waals surface area (Å²) in [5.74, 6) is -1.31. The van der Waals surface area contributed by atoms with Crippen molar-refractivity contribution < 1.29 is 23.9 Å². The molecule has 1 aliphatic heterocycles. The summed E-state index contributed by atoms with van der Waals surface area (Å²) in [7, 11) is 0. The molecule has 6 nitrogen and oxygen atoms in total. The molecular weight excluding hydrogens is 613 g/mol. The molecule has 3 saturated carbocycles. The van der Waals surface area contributed by atoms with E-state index in [1.807, 2.05) is 0 Å². The van der Waals surface area contributed by atoms with Gasteiger partial charge in [-0.1, -0.05) is 55.1 Å². The van der Waals surface area contributed by atoms with E-state index in [1.54, 1.807) is 6.07 Å². The lowest BCUT2D eigenvalue weighted by atomic mass is 9.81. The van der Waals surface area contributed by atoms with Crippen molar-refractivity contribution in [2.75, 3.05) is 6.61 Å². The summed E-state index contributed by atoms with van der Waals surface area (Å²) in [5.41, 5.74) is 0.254. The van der Waals surface area contributed by atoms with Gasteiger partial charge in [-0.15, -0.1) is 0 Å². The van der Waals surface area contributed by atoms with Gasteiger partial charge in [0.1, 0.15) is 0 Å². The molecule has 34 heavy (non-hydrogen) atoms. The van der Waals surface area contributed by atoms with Crippen LogP contribution in [0.3, 0.4) is 0 Å². The Balaban J connectivity index is 1.15. The topological polar surface area (TPSA) is 80.8 Å². The number of rotatable bonds is 5. The zero-order valence-corrected chi connectivity index (χ0v) is 22.8. The third kappa shape index (κ3) is 4.06. The van der Waals surface area contributed by atoms with Gasteiger partial charge in [0, 0.05) is 26.3 Å². The molecule has 2 bridgehead atoms. The summed E-state index contributed by atoms with van der Waals surface area (Å²) in [6.45, 7) is -0.392. The highest BCUT2D eigenvalue weighted by Crippen LogP contribution is 2.60. The molecule has 3 aliphatic carbocycles. The summed E-state index contributed by atoms with van der Waals surface area (Å²) >= 11 is 19.3. The van der Waals surface area contributed by atoms with Crippen molar-refractivity contribution in [1.29, 1.82) is 0 Å². The van der Waals surface area contributed by atoms with E-state index in [9.17, 15) is 19.2 Å². The van der Waals surface area contributed by atoms with Crippen LogP contribution in [0.2, 0.25) is 10.0 Å². The number of likely N-dealkylation sites (tertiary alicyclic amines) is 1. The number of halogens is 4. The molecule has 2 amide bonds. The smallest absolute Gasteiger partial charge is 0.309 e. The van der Waals surface area contributed by atoms with Crippen molar-refractivity contribution in [3.8, 4) is 0 Å². The number of Topliss-reactive ketones (excluding diaryl/α,β-unsaturated/α-hetero) is 1. The Labute approximate surface area is 224 Å². The minimum atomic E-state index is -0.435. The highest BCUT2D eigenvalue weighted by Gasteiger charge is 2.67. The van der Waals surface area contributed by atoms with E-state index in [-0.39, 0.29) is 67.7 Å². The van der Waals surface area contributed by atoms with Gasteiger partial charge in [0.05, 0.1) is 22.8 Å². The lowest BCUT2D eigenvalue weighted by Crippen LogP contribution is -2.44. The van der Waals surface area contributed by atoms with Gasteiger partial charge in [0.25, 0.3) is 0 Å². The zero-order valence-electron chi connectivity index (χ0n) is 18.1. The summed E-state index contributed by atoms with van der Waals surface area (Å²) in [4.78, 5) is 53.3. The molecule has 1 saturated heterocycles. The summed E-state index contributed by atoms with van der Waals surface area (Å²) < 4.78 is 5.27. The van der Waals surface area contributed by atoms with E-state index in [0.29, 0.717) is 30.7 Å². The van der Waals surface area contributed by atoms with Crippen LogP contribution in [0.1, 0.15) is 42.5 Å². The fourth-order valence-electron chi connectivity index (χ4n) is 6.35. The first kappa shape index (κ1) is 24.7. The first-order valence-corrected chi connectivity index (χ1v) is 14.1. The molecule has 0 radical (unpaired) electrons. The predicted molar refractivity (Wildman–Crippen MR) is 133 cm³/mol. The van der Waals surface area contributed by atoms with Crippen LogP contribution in [0, 0.1) is 29.6 Å². The molecule has 1 aromatic rings. The SMILES string of the molecule is O=C(COC(=O)C1CCC(N2C(=O)[C@@H]3[C@H]4C[C@H]([C@H](Br)[C@@H]4Br)[C@@H]3C2=O)CC1)c1ccc(Cl)cc1Cl. The molecule has 0 spiro atoms. The Morgan fingerprint density at radius 1 is 0.971 bits per heavy atom. The minimum absolute atomic E-state index is 0.0391. The molecule has 182 valence electrons. The third-order valence-electron chi connectivity index (χ3n) is 7.99. The van der Waals surface area contributed by atoms with Crippen LogP contribution in [0.5, 0.6) is 0 Å². The van der Waals surface area contributed by atoms with Crippen LogP contribution in [-0.4, -0.2) is 50.8 Å². The Morgan fingerprint density at radius 2 is 1.56 bits per heavy atom. The van der Waals surface area contributed by atoms with E-state index in [4.69, 9.17) is 27.9 Å². The molecule has 5 rings (SSSR count). The molecule has 0 aromatic heterocycles. The number of carbonyl (C=O) groups excluding carboxylic acids is 4. The number of hydrogen-bond acceptors (Lipinski definition) is 5. The molecule has 4 aliphatic rings. The number of fused-ring (bicyclic) bond motifs is 5. The number of hydrogen-bond donors (Lipinski definition) is 0. The summed E-state index contributed by atoms with van der Waals surface area (Å²) in [5, 5.41) is 0.630. The molecule has 0 unspecified atom stereocenters. The number of ketones is 1. The third-order valence-corrected chi connectivity index (χ3v) is 11.7. The van der Waals surface area contributed by atoms with E-state index in [2.05, 4.69) is 31.9 Å². The van der Waals surface area contributed by atoms with Crippen LogP contribution in [0.25, 0.3) is 0 Å². The quantitative estimate of drug-likeness (QED) is 0.196. The Bertz CT molecular complexity index is 1030. The van der Waals surface area contributed by atoms with Crippen LogP contribution >= 0.6 is 55.1 Å². The van der Waals surface area contributed by atoms with E-state index < -0.39 is 18.4 Å². The predicted octanol–water partition coefficient (Wildman–Crippen LogP) is 5.06. The standard InChI is InChI=1S/C24H23Br2Cl2NO5/c25-20-14-8-15(21(20)26)19-18(14)22(31)29(23(19)32)12-4-1-10(2-5-12)24(33)34-9-17(30)13-6-3-11(27)7-16(13)28/h3,6-7,10,12,14-15,18-21H,1-2,4-5,8-9H2/t10?,12?,14-,15+,18-,19+,20-,21+. The van der Waals surface area contributed by atoms with Crippen LogP contribution in [0.15, 0.2) is 18.2 Å². The zero-order chi connectivity index (χ0) is 24.3. The highest BCUT2D eigenvalue weighted by atomic mass is 79.9. The highest BCUT2D eigenvalue weighted by molar-refractivity contribution is 9.12. The molecule has 0 N–H and O–H groups in total. The second kappa shape index (κ2) is 9.49. The molecule has 6 atom stereocenters. The van der Waals surface area contributed by atoms with Crippen molar-refractivity contribution >= 4 is 78.6 Å². The van der Waals surface area contributed by atoms with Crippen molar-refractivity contribution in [1.82, 2.24) is 4.90 Å². The fourth-order valence-corrected chi connectivity index (χ4v) is 8.74. The Kier molecular flexibility index (Phi) is 6.90. The number of esters is 1. The van der Waals surface area contributed by atoms with Crippen LogP contribution < -0.4 is 0 Å². The molecular formula is C24H23Br2Cl2NO5. The summed E-state index contributed by atoms with van der Waals surface area (Å²) in [6.07, 6.45) is 3.07. The lowest BCUT2D eigenvalue weighted by Gasteiger charge is -2.33. The Hall–Kier alpha value is -0.960. The number of nitrogens with zero attached hydrogens (tertiary/aromatic N) is 1. The first-order chi connectivity index (χ1) is 16.2. The molecule has 4 fully saturated rings. The molecule has 1 heterocycles. The lowest BCUT2D eigenvalue weighted by molar-refractivity contribution is -0.149. The molecule has 10 heteroatoms. The average Bonchev–Trinajstić information content (AvgIpc) is 3.42. The largest absolute Gasteiger partial charge is 0.457 e. The van der Waals surface area contributed by atoms with E-state index in [1.165, 1.54) is 17.0 Å². The number of carbonyl (C=O) groups is 4. The molecule has 1 aromatic carbocycles. The van der Waals surface area contributed by atoms with Gasteiger partial charge in [0.15, 0.2) is 6.61 Å². The average molecular weight is 636 g/mol. The van der Waals surface area contributed by atoms with Gasteiger partial charge < -0.3 is 4.74 Å². The fraction of sp³-hybridized carbons (Fsp3) is 0.583.